The molecule has 0 spiro atoms. The lowest BCUT2D eigenvalue weighted by Gasteiger charge is -2.15. The molecule has 3 nitrogen and oxygen atoms in total. The Labute approximate surface area is 142 Å². The first-order valence-electron chi connectivity index (χ1n) is 7.79. The minimum atomic E-state index is 0.118. The van der Waals surface area contributed by atoms with Crippen LogP contribution in [0.5, 0.6) is 0 Å². The Hall–Kier alpha value is -2.20. The number of nitrogens with zero attached hydrogens (tertiary/aromatic N) is 2. The van der Waals surface area contributed by atoms with Crippen molar-refractivity contribution in [1.29, 1.82) is 0 Å². The van der Waals surface area contributed by atoms with E-state index in [1.54, 1.807) is 0 Å². The number of aryl methyl sites for hydroxylation is 2. The molecule has 0 saturated carbocycles. The second-order valence-corrected chi connectivity index (χ2v) is 6.61. The molecule has 1 aromatic heterocycles. The second-order valence-electron chi connectivity index (χ2n) is 6.14. The van der Waals surface area contributed by atoms with Crippen molar-refractivity contribution in [3.05, 3.63) is 53.6 Å². The number of imidazole rings is 1. The average molecular weight is 323 g/mol. The van der Waals surface area contributed by atoms with E-state index in [1.807, 2.05) is 18.2 Å². The zero-order chi connectivity index (χ0) is 16.6. The number of hydrogen-bond acceptors (Lipinski definition) is 2. The minimum Gasteiger partial charge on any atom is -0.393 e. The van der Waals surface area contributed by atoms with Gasteiger partial charge in [-0.2, -0.15) is 0 Å². The molecule has 0 aliphatic carbocycles. The van der Waals surface area contributed by atoms with Gasteiger partial charge in [0.05, 0.1) is 16.0 Å². The summed E-state index contributed by atoms with van der Waals surface area (Å²) in [4.78, 5) is 5.38. The molecule has 0 fully saturated rings. The van der Waals surface area contributed by atoms with Crippen molar-refractivity contribution in [2.24, 2.45) is 11.7 Å². The molecule has 0 aliphatic rings. The van der Waals surface area contributed by atoms with Gasteiger partial charge in [0.2, 0.25) is 0 Å². The molecular weight excluding hydrogens is 302 g/mol. The SMILES string of the molecule is Cc1ccc(-c2nc3ccccc3n2CC(C)C(N)=S)cc1C. The molecule has 2 N–H and O–H groups in total. The summed E-state index contributed by atoms with van der Waals surface area (Å²) in [7, 11) is 0. The monoisotopic (exact) mass is 323 g/mol. The van der Waals surface area contributed by atoms with Gasteiger partial charge in [-0.15, -0.1) is 0 Å². The van der Waals surface area contributed by atoms with Crippen molar-refractivity contribution in [2.75, 3.05) is 0 Å². The second kappa shape index (κ2) is 6.13. The van der Waals surface area contributed by atoms with Crippen LogP contribution in [0, 0.1) is 19.8 Å². The Balaban J connectivity index is 2.18. The first-order chi connectivity index (χ1) is 11.0. The Bertz CT molecular complexity index is 879. The highest BCUT2D eigenvalue weighted by Crippen LogP contribution is 2.27. The maximum absolute atomic E-state index is 5.83. The fourth-order valence-electron chi connectivity index (χ4n) is 2.73. The van der Waals surface area contributed by atoms with E-state index >= 15 is 0 Å². The third-order valence-corrected chi connectivity index (χ3v) is 4.76. The maximum atomic E-state index is 5.83. The Morgan fingerprint density at radius 3 is 2.61 bits per heavy atom. The molecule has 0 radical (unpaired) electrons. The average Bonchev–Trinajstić information content (AvgIpc) is 2.89. The van der Waals surface area contributed by atoms with Crippen molar-refractivity contribution >= 4 is 28.2 Å². The molecule has 3 rings (SSSR count). The smallest absolute Gasteiger partial charge is 0.141 e. The molecule has 0 amide bonds. The third-order valence-electron chi connectivity index (χ3n) is 4.36. The largest absolute Gasteiger partial charge is 0.393 e. The van der Waals surface area contributed by atoms with Crippen LogP contribution in [-0.4, -0.2) is 14.5 Å². The van der Waals surface area contributed by atoms with E-state index < -0.39 is 0 Å². The highest BCUT2D eigenvalue weighted by molar-refractivity contribution is 7.80. The molecule has 23 heavy (non-hydrogen) atoms. The first-order valence-corrected chi connectivity index (χ1v) is 8.20. The molecule has 0 aliphatic heterocycles. The van der Waals surface area contributed by atoms with Crippen LogP contribution in [0.25, 0.3) is 22.4 Å². The number of thiocarbonyl (C=S) groups is 1. The van der Waals surface area contributed by atoms with Crippen LogP contribution in [0.3, 0.4) is 0 Å². The van der Waals surface area contributed by atoms with E-state index in [0.717, 1.165) is 29.0 Å². The van der Waals surface area contributed by atoms with Crippen molar-refractivity contribution in [1.82, 2.24) is 9.55 Å². The Kier molecular flexibility index (Phi) is 4.18. The summed E-state index contributed by atoms with van der Waals surface area (Å²) in [6, 6.07) is 14.7. The van der Waals surface area contributed by atoms with Gasteiger partial charge in [-0.3, -0.25) is 0 Å². The zero-order valence-corrected chi connectivity index (χ0v) is 14.5. The van der Waals surface area contributed by atoms with E-state index in [9.17, 15) is 0 Å². The molecule has 0 saturated heterocycles. The Morgan fingerprint density at radius 1 is 1.17 bits per heavy atom. The quantitative estimate of drug-likeness (QED) is 0.730. The van der Waals surface area contributed by atoms with Gasteiger partial charge in [0.15, 0.2) is 0 Å². The lowest BCUT2D eigenvalue weighted by Crippen LogP contribution is -2.23. The number of aromatic nitrogens is 2. The summed E-state index contributed by atoms with van der Waals surface area (Å²) < 4.78 is 2.23. The highest BCUT2D eigenvalue weighted by Gasteiger charge is 2.16. The van der Waals surface area contributed by atoms with E-state index in [1.165, 1.54) is 11.1 Å². The van der Waals surface area contributed by atoms with Crippen LogP contribution < -0.4 is 5.73 Å². The summed E-state index contributed by atoms with van der Waals surface area (Å²) in [6.45, 7) is 7.04. The molecule has 2 aromatic carbocycles. The third kappa shape index (κ3) is 2.99. The van der Waals surface area contributed by atoms with E-state index in [0.29, 0.717) is 4.99 Å². The minimum absolute atomic E-state index is 0.118. The zero-order valence-electron chi connectivity index (χ0n) is 13.7. The van der Waals surface area contributed by atoms with Crippen LogP contribution in [0.1, 0.15) is 18.1 Å². The van der Waals surface area contributed by atoms with Crippen LogP contribution in [0.2, 0.25) is 0 Å². The van der Waals surface area contributed by atoms with Crippen molar-refractivity contribution in [2.45, 2.75) is 27.3 Å². The lowest BCUT2D eigenvalue weighted by atomic mass is 10.1. The normalized spacial score (nSPS) is 12.5. The van der Waals surface area contributed by atoms with E-state index in [2.05, 4.69) is 49.6 Å². The maximum Gasteiger partial charge on any atom is 0.141 e. The molecule has 4 heteroatoms. The van der Waals surface area contributed by atoms with Crippen LogP contribution >= 0.6 is 12.2 Å². The molecule has 0 bridgehead atoms. The van der Waals surface area contributed by atoms with Gasteiger partial charge in [-0.05, 0) is 43.2 Å². The van der Waals surface area contributed by atoms with Gasteiger partial charge in [0, 0.05) is 18.0 Å². The van der Waals surface area contributed by atoms with Crippen molar-refractivity contribution in [3.63, 3.8) is 0 Å². The topological polar surface area (TPSA) is 43.8 Å². The predicted octanol–water partition coefficient (Wildman–Crippen LogP) is 4.24. The fourth-order valence-corrected chi connectivity index (χ4v) is 2.80. The van der Waals surface area contributed by atoms with Gasteiger partial charge in [0.1, 0.15) is 5.82 Å². The van der Waals surface area contributed by atoms with Gasteiger partial charge >= 0.3 is 0 Å². The lowest BCUT2D eigenvalue weighted by molar-refractivity contribution is 0.617. The van der Waals surface area contributed by atoms with Crippen molar-refractivity contribution < 1.29 is 0 Å². The van der Waals surface area contributed by atoms with Crippen molar-refractivity contribution in [3.8, 4) is 11.4 Å². The number of benzene rings is 2. The van der Waals surface area contributed by atoms with Gasteiger partial charge in [-0.25, -0.2) is 4.98 Å². The standard InChI is InChI=1S/C19H21N3S/c1-12-8-9-15(10-13(12)2)19-21-16-6-4-5-7-17(16)22(19)11-14(3)18(20)23/h4-10,14H,11H2,1-3H3,(H2,20,23). The molecule has 118 valence electrons. The summed E-state index contributed by atoms with van der Waals surface area (Å²) in [6.07, 6.45) is 0. The van der Waals surface area contributed by atoms with Gasteiger partial charge in [-0.1, -0.05) is 43.4 Å². The Morgan fingerprint density at radius 2 is 1.91 bits per heavy atom. The molecule has 1 unspecified atom stereocenters. The molecule has 1 atom stereocenters. The summed E-state index contributed by atoms with van der Waals surface area (Å²) >= 11 is 5.16. The molecular formula is C19H21N3S. The van der Waals surface area contributed by atoms with Gasteiger partial charge in [0.25, 0.3) is 0 Å². The molecule has 1 heterocycles. The summed E-state index contributed by atoms with van der Waals surface area (Å²) in [5.74, 6) is 1.09. The van der Waals surface area contributed by atoms with E-state index in [4.69, 9.17) is 22.9 Å². The number of fused-ring (bicyclic) bond motifs is 1. The van der Waals surface area contributed by atoms with Crippen LogP contribution in [0.4, 0.5) is 0 Å². The first kappa shape index (κ1) is 15.7. The fraction of sp³-hybridized carbons (Fsp3) is 0.263. The summed E-state index contributed by atoms with van der Waals surface area (Å²) in [5, 5.41) is 0. The number of rotatable bonds is 4. The highest BCUT2D eigenvalue weighted by atomic mass is 32.1. The number of para-hydroxylation sites is 2. The summed E-state index contributed by atoms with van der Waals surface area (Å²) in [5.41, 5.74) is 11.6. The number of nitrogens with two attached hydrogens (primary N) is 1. The van der Waals surface area contributed by atoms with Crippen LogP contribution in [0.15, 0.2) is 42.5 Å². The number of hydrogen-bond donors (Lipinski definition) is 1. The van der Waals surface area contributed by atoms with Gasteiger partial charge < -0.3 is 10.3 Å². The van der Waals surface area contributed by atoms with E-state index in [-0.39, 0.29) is 5.92 Å². The predicted molar refractivity (Wildman–Crippen MR) is 101 cm³/mol. The molecule has 3 aromatic rings. The van der Waals surface area contributed by atoms with Crippen LogP contribution in [-0.2, 0) is 6.54 Å².